The quantitative estimate of drug-likeness (QED) is 0.860. The Hall–Kier alpha value is -1.06. The third kappa shape index (κ3) is 2.33. The van der Waals surface area contributed by atoms with Crippen LogP contribution in [0.5, 0.6) is 0 Å². The molecule has 0 radical (unpaired) electrons. The van der Waals surface area contributed by atoms with Crippen molar-refractivity contribution in [1.29, 1.82) is 0 Å². The van der Waals surface area contributed by atoms with E-state index in [1.807, 2.05) is 11.8 Å². The molecule has 2 aliphatic rings. The molecule has 0 aromatic rings. The van der Waals surface area contributed by atoms with Gasteiger partial charge in [-0.15, -0.1) is 0 Å². The van der Waals surface area contributed by atoms with Gasteiger partial charge in [0.15, 0.2) is 0 Å². The van der Waals surface area contributed by atoms with E-state index in [-0.39, 0.29) is 23.4 Å². The van der Waals surface area contributed by atoms with Gasteiger partial charge in [0.05, 0.1) is 0 Å². The van der Waals surface area contributed by atoms with Gasteiger partial charge in [-0.1, -0.05) is 33.1 Å². The zero-order valence-corrected chi connectivity index (χ0v) is 13.3. The van der Waals surface area contributed by atoms with Crippen LogP contribution in [0.4, 0.5) is 0 Å². The molecule has 1 N–H and O–H groups in total. The molecule has 20 heavy (non-hydrogen) atoms. The Morgan fingerprint density at radius 3 is 2.35 bits per heavy atom. The van der Waals surface area contributed by atoms with Gasteiger partial charge in [-0.05, 0) is 39.5 Å². The molecule has 1 spiro atoms. The van der Waals surface area contributed by atoms with Crippen LogP contribution < -0.4 is 5.32 Å². The zero-order valence-electron chi connectivity index (χ0n) is 13.3. The molecule has 0 bridgehead atoms. The molecule has 1 unspecified atom stereocenters. The maximum Gasteiger partial charge on any atom is 0.249 e. The van der Waals surface area contributed by atoms with Crippen molar-refractivity contribution < 1.29 is 9.59 Å². The lowest BCUT2D eigenvalue weighted by Crippen LogP contribution is -2.73. The number of hydrogen-bond acceptors (Lipinski definition) is 2. The van der Waals surface area contributed by atoms with E-state index in [9.17, 15) is 9.59 Å². The first-order chi connectivity index (χ1) is 9.38. The van der Waals surface area contributed by atoms with Crippen LogP contribution in [0.2, 0.25) is 0 Å². The monoisotopic (exact) mass is 280 g/mol. The summed E-state index contributed by atoms with van der Waals surface area (Å²) in [5, 5.41) is 3.06. The van der Waals surface area contributed by atoms with Gasteiger partial charge in [0.25, 0.3) is 0 Å². The molecular weight excluding hydrogens is 252 g/mol. The van der Waals surface area contributed by atoms with E-state index < -0.39 is 5.54 Å². The number of rotatable bonds is 4. The van der Waals surface area contributed by atoms with Crippen LogP contribution in [-0.4, -0.2) is 33.8 Å². The minimum Gasteiger partial charge on any atom is -0.340 e. The van der Waals surface area contributed by atoms with Gasteiger partial charge in [0.1, 0.15) is 11.6 Å². The number of nitrogens with one attached hydrogen (secondary N) is 1. The maximum absolute atomic E-state index is 13.1. The highest BCUT2D eigenvalue weighted by atomic mass is 16.2. The van der Waals surface area contributed by atoms with Crippen LogP contribution in [0.1, 0.15) is 72.6 Å². The van der Waals surface area contributed by atoms with Gasteiger partial charge in [-0.3, -0.25) is 9.59 Å². The molecule has 2 rings (SSSR count). The van der Waals surface area contributed by atoms with Crippen LogP contribution in [-0.2, 0) is 9.59 Å². The standard InChI is InChI=1S/C16H28N2O2/c1-5-9-15(3,4)18-12(6-2)13(19)17-16(14(18)20)10-7-8-11-16/h12H,5-11H2,1-4H3,(H,17,19). The van der Waals surface area contributed by atoms with Gasteiger partial charge in [0, 0.05) is 5.54 Å². The Kier molecular flexibility index (Phi) is 4.12. The number of piperazine rings is 1. The summed E-state index contributed by atoms with van der Waals surface area (Å²) in [7, 11) is 0. The number of hydrogen-bond donors (Lipinski definition) is 1. The van der Waals surface area contributed by atoms with Crippen molar-refractivity contribution in [3.8, 4) is 0 Å². The second-order valence-corrected chi connectivity index (χ2v) is 6.94. The SMILES string of the molecule is CCCC(C)(C)N1C(=O)C2(CCCC2)NC(=O)C1CC. The highest BCUT2D eigenvalue weighted by molar-refractivity contribution is 6.00. The van der Waals surface area contributed by atoms with Crippen LogP contribution in [0.15, 0.2) is 0 Å². The Labute approximate surface area is 122 Å². The molecule has 4 heteroatoms. The van der Waals surface area contributed by atoms with E-state index in [0.717, 1.165) is 38.5 Å². The molecule has 0 aromatic heterocycles. The van der Waals surface area contributed by atoms with Gasteiger partial charge >= 0.3 is 0 Å². The second kappa shape index (κ2) is 5.38. The highest BCUT2D eigenvalue weighted by Gasteiger charge is 2.54. The number of carbonyl (C=O) groups is 2. The fourth-order valence-electron chi connectivity index (χ4n) is 3.98. The van der Waals surface area contributed by atoms with E-state index >= 15 is 0 Å². The van der Waals surface area contributed by atoms with Crippen molar-refractivity contribution in [2.45, 2.75) is 89.8 Å². The molecule has 1 atom stereocenters. The fourth-order valence-corrected chi connectivity index (χ4v) is 3.98. The van der Waals surface area contributed by atoms with Gasteiger partial charge in [-0.2, -0.15) is 0 Å². The molecule has 1 saturated heterocycles. The van der Waals surface area contributed by atoms with E-state index in [0.29, 0.717) is 6.42 Å². The molecule has 4 nitrogen and oxygen atoms in total. The Morgan fingerprint density at radius 1 is 1.25 bits per heavy atom. The van der Waals surface area contributed by atoms with Crippen LogP contribution in [0.25, 0.3) is 0 Å². The van der Waals surface area contributed by atoms with Crippen LogP contribution >= 0.6 is 0 Å². The molecule has 0 aromatic carbocycles. The fraction of sp³-hybridized carbons (Fsp3) is 0.875. The smallest absolute Gasteiger partial charge is 0.249 e. The predicted molar refractivity (Wildman–Crippen MR) is 79.3 cm³/mol. The normalized spacial score (nSPS) is 26.2. The summed E-state index contributed by atoms with van der Waals surface area (Å²) in [6, 6.07) is -0.310. The first-order valence-electron chi connectivity index (χ1n) is 8.04. The topological polar surface area (TPSA) is 49.4 Å². The molecule has 1 aliphatic heterocycles. The van der Waals surface area contributed by atoms with Crippen molar-refractivity contribution in [3.05, 3.63) is 0 Å². The Bertz CT molecular complexity index is 397. The first-order valence-corrected chi connectivity index (χ1v) is 8.04. The van der Waals surface area contributed by atoms with Crippen molar-refractivity contribution in [2.75, 3.05) is 0 Å². The largest absolute Gasteiger partial charge is 0.340 e. The Balaban J connectivity index is 2.37. The van der Waals surface area contributed by atoms with Gasteiger partial charge < -0.3 is 10.2 Å². The summed E-state index contributed by atoms with van der Waals surface area (Å²) >= 11 is 0. The van der Waals surface area contributed by atoms with Crippen molar-refractivity contribution >= 4 is 11.8 Å². The highest BCUT2D eigenvalue weighted by Crippen LogP contribution is 2.38. The number of nitrogens with zero attached hydrogens (tertiary/aromatic N) is 1. The molecule has 114 valence electrons. The molecule has 1 aliphatic carbocycles. The minimum absolute atomic E-state index is 0.0400. The molecule has 2 fully saturated rings. The van der Waals surface area contributed by atoms with Crippen molar-refractivity contribution in [2.24, 2.45) is 0 Å². The lowest BCUT2D eigenvalue weighted by atomic mass is 9.84. The average Bonchev–Trinajstić information content (AvgIpc) is 2.82. The van der Waals surface area contributed by atoms with Crippen LogP contribution in [0, 0.1) is 0 Å². The van der Waals surface area contributed by atoms with E-state index in [4.69, 9.17) is 0 Å². The third-order valence-electron chi connectivity index (χ3n) is 4.96. The predicted octanol–water partition coefficient (Wildman–Crippen LogP) is 2.61. The number of carbonyl (C=O) groups excluding carboxylic acids is 2. The molecule has 1 saturated carbocycles. The maximum atomic E-state index is 13.1. The summed E-state index contributed by atoms with van der Waals surface area (Å²) in [5.41, 5.74) is -0.854. The van der Waals surface area contributed by atoms with E-state index in [1.165, 1.54) is 0 Å². The third-order valence-corrected chi connectivity index (χ3v) is 4.96. The first kappa shape index (κ1) is 15.3. The molecule has 1 heterocycles. The molecule has 2 amide bonds. The minimum atomic E-state index is -0.603. The average molecular weight is 280 g/mol. The summed E-state index contributed by atoms with van der Waals surface area (Å²) in [6.07, 6.45) is 6.29. The van der Waals surface area contributed by atoms with Crippen molar-refractivity contribution in [1.82, 2.24) is 10.2 Å². The van der Waals surface area contributed by atoms with E-state index in [1.54, 1.807) is 0 Å². The Morgan fingerprint density at radius 2 is 1.85 bits per heavy atom. The molecular formula is C16H28N2O2. The van der Waals surface area contributed by atoms with Gasteiger partial charge in [-0.25, -0.2) is 0 Å². The zero-order chi connectivity index (χ0) is 15.0. The van der Waals surface area contributed by atoms with E-state index in [2.05, 4.69) is 26.1 Å². The summed E-state index contributed by atoms with van der Waals surface area (Å²) in [4.78, 5) is 27.5. The lowest BCUT2D eigenvalue weighted by Gasteiger charge is -2.51. The van der Waals surface area contributed by atoms with Gasteiger partial charge in [0.2, 0.25) is 11.8 Å². The summed E-state index contributed by atoms with van der Waals surface area (Å²) in [5.74, 6) is 0.193. The second-order valence-electron chi connectivity index (χ2n) is 6.94. The number of amides is 2. The van der Waals surface area contributed by atoms with Crippen molar-refractivity contribution in [3.63, 3.8) is 0 Å². The summed E-state index contributed by atoms with van der Waals surface area (Å²) in [6.45, 7) is 8.30. The van der Waals surface area contributed by atoms with Crippen LogP contribution in [0.3, 0.4) is 0 Å². The lowest BCUT2D eigenvalue weighted by molar-refractivity contribution is -0.162. The summed E-state index contributed by atoms with van der Waals surface area (Å²) < 4.78 is 0.